The van der Waals surface area contributed by atoms with E-state index in [9.17, 15) is 20.2 Å². The molecule has 0 aliphatic heterocycles. The van der Waals surface area contributed by atoms with Crippen LogP contribution in [-0.4, -0.2) is 24.1 Å². The van der Waals surface area contributed by atoms with Crippen LogP contribution in [0.3, 0.4) is 0 Å². The maximum Gasteiger partial charge on any atom is 0.287 e. The second-order valence-electron chi connectivity index (χ2n) is 4.57. The van der Waals surface area contributed by atoms with E-state index >= 15 is 0 Å². The average Bonchev–Trinajstić information content (AvgIpc) is 2.54. The molecule has 0 unspecified atom stereocenters. The molecule has 0 amide bonds. The molecule has 0 saturated carbocycles. The van der Waals surface area contributed by atoms with E-state index in [0.717, 1.165) is 0 Å². The summed E-state index contributed by atoms with van der Waals surface area (Å²) in [7, 11) is 2.95. The maximum atomic E-state index is 11.1. The molecule has 0 spiro atoms. The second kappa shape index (κ2) is 6.73. The minimum absolute atomic E-state index is 0.00429. The first-order valence-corrected chi connectivity index (χ1v) is 6.51. The summed E-state index contributed by atoms with van der Waals surface area (Å²) >= 11 is 0. The molecule has 2 aromatic rings. The lowest BCUT2D eigenvalue weighted by Crippen LogP contribution is -2.02. The first kappa shape index (κ1) is 16.2. The Morgan fingerprint density at radius 1 is 1.04 bits per heavy atom. The van der Waals surface area contributed by atoms with E-state index in [1.807, 2.05) is 0 Å². The van der Waals surface area contributed by atoms with Gasteiger partial charge in [0.15, 0.2) is 11.5 Å². The summed E-state index contributed by atoms with van der Waals surface area (Å²) in [6.45, 7) is 0. The van der Waals surface area contributed by atoms with Crippen LogP contribution in [0.2, 0.25) is 0 Å². The van der Waals surface area contributed by atoms with E-state index in [2.05, 4.69) is 6.07 Å². The lowest BCUT2D eigenvalue weighted by atomic mass is 10.0. The molecule has 0 aromatic heterocycles. The summed E-state index contributed by atoms with van der Waals surface area (Å²) in [5.41, 5.74) is -0.109. The fraction of sp³-hybridized carbons (Fsp3) is 0.200. The van der Waals surface area contributed by atoms with Gasteiger partial charge in [-0.3, -0.25) is 20.2 Å². The van der Waals surface area contributed by atoms with Gasteiger partial charge in [-0.2, -0.15) is 0 Å². The molecular formula is C15H13N2O6. The Morgan fingerprint density at radius 3 is 2.30 bits per heavy atom. The zero-order valence-electron chi connectivity index (χ0n) is 12.4. The topological polar surface area (TPSA) is 105 Å². The first-order valence-electron chi connectivity index (χ1n) is 6.51. The van der Waals surface area contributed by atoms with Crippen molar-refractivity contribution in [3.05, 3.63) is 67.8 Å². The SMILES string of the molecule is COc1ccc(Cc2c([N+](=O)[O-])[c]ccc2[N+](=O)[O-])cc1OC. The molecule has 8 heteroatoms. The van der Waals surface area contributed by atoms with Crippen LogP contribution in [0.15, 0.2) is 30.3 Å². The first-order chi connectivity index (χ1) is 11.0. The molecular weight excluding hydrogens is 304 g/mol. The third kappa shape index (κ3) is 3.37. The predicted octanol–water partition coefficient (Wildman–Crippen LogP) is 2.91. The average molecular weight is 317 g/mol. The van der Waals surface area contributed by atoms with Crippen LogP contribution in [0.25, 0.3) is 0 Å². The summed E-state index contributed by atoms with van der Waals surface area (Å²) in [5, 5.41) is 22.3. The Hall–Kier alpha value is -3.16. The summed E-state index contributed by atoms with van der Waals surface area (Å²) in [6.07, 6.45) is 0.00429. The molecule has 0 N–H and O–H groups in total. The molecule has 8 nitrogen and oxygen atoms in total. The highest BCUT2D eigenvalue weighted by Gasteiger charge is 2.25. The van der Waals surface area contributed by atoms with Gasteiger partial charge in [-0.1, -0.05) is 6.07 Å². The van der Waals surface area contributed by atoms with Gasteiger partial charge < -0.3 is 9.47 Å². The van der Waals surface area contributed by atoms with Crippen LogP contribution in [-0.2, 0) is 6.42 Å². The minimum Gasteiger partial charge on any atom is -0.493 e. The van der Waals surface area contributed by atoms with Gasteiger partial charge in [0.2, 0.25) is 0 Å². The molecule has 0 fully saturated rings. The van der Waals surface area contributed by atoms with Crippen LogP contribution >= 0.6 is 0 Å². The molecule has 0 bridgehead atoms. The highest BCUT2D eigenvalue weighted by atomic mass is 16.6. The summed E-state index contributed by atoms with van der Waals surface area (Å²) in [4.78, 5) is 20.9. The van der Waals surface area contributed by atoms with Gasteiger partial charge in [0.05, 0.1) is 30.1 Å². The van der Waals surface area contributed by atoms with Gasteiger partial charge in [0.25, 0.3) is 11.4 Å². The van der Waals surface area contributed by atoms with Crippen LogP contribution in [0, 0.1) is 26.3 Å². The number of methoxy groups -OCH3 is 2. The highest BCUT2D eigenvalue weighted by Crippen LogP contribution is 2.33. The molecule has 2 rings (SSSR count). The molecule has 0 saturated heterocycles. The van der Waals surface area contributed by atoms with Crippen LogP contribution in [0.5, 0.6) is 11.5 Å². The van der Waals surface area contributed by atoms with E-state index in [1.165, 1.54) is 26.4 Å². The Labute approximate surface area is 131 Å². The van der Waals surface area contributed by atoms with Crippen molar-refractivity contribution in [1.82, 2.24) is 0 Å². The van der Waals surface area contributed by atoms with Gasteiger partial charge in [-0.25, -0.2) is 0 Å². The molecule has 23 heavy (non-hydrogen) atoms. The molecule has 0 heterocycles. The number of hydrogen-bond donors (Lipinski definition) is 0. The Kier molecular flexibility index (Phi) is 4.75. The molecule has 0 aliphatic rings. The summed E-state index contributed by atoms with van der Waals surface area (Å²) in [6, 6.07) is 9.75. The third-order valence-corrected chi connectivity index (χ3v) is 3.26. The van der Waals surface area contributed by atoms with Crippen molar-refractivity contribution in [1.29, 1.82) is 0 Å². The van der Waals surface area contributed by atoms with Crippen LogP contribution in [0.1, 0.15) is 11.1 Å². The number of rotatable bonds is 6. The van der Waals surface area contributed by atoms with Crippen molar-refractivity contribution >= 4 is 11.4 Å². The van der Waals surface area contributed by atoms with Crippen molar-refractivity contribution < 1.29 is 19.3 Å². The summed E-state index contributed by atoms with van der Waals surface area (Å²) in [5.74, 6) is 0.940. The Balaban J connectivity index is 2.51. The van der Waals surface area contributed by atoms with E-state index in [0.29, 0.717) is 17.1 Å². The third-order valence-electron chi connectivity index (χ3n) is 3.26. The number of nitrogens with zero attached hydrogens (tertiary/aromatic N) is 2. The second-order valence-corrected chi connectivity index (χ2v) is 4.57. The van der Waals surface area contributed by atoms with E-state index in [4.69, 9.17) is 9.47 Å². The Morgan fingerprint density at radius 2 is 1.74 bits per heavy atom. The molecule has 119 valence electrons. The van der Waals surface area contributed by atoms with Crippen molar-refractivity contribution in [2.75, 3.05) is 14.2 Å². The largest absolute Gasteiger partial charge is 0.493 e. The Bertz CT molecular complexity index is 727. The predicted molar refractivity (Wildman–Crippen MR) is 80.9 cm³/mol. The maximum absolute atomic E-state index is 11.1. The standard InChI is InChI=1S/C15H13N2O6/c1-22-14-7-6-10(9-15(14)23-2)8-11-12(16(18)19)4-3-5-13(11)17(20)21/h3-4,6-7,9H,8H2,1-2H3. The fourth-order valence-electron chi connectivity index (χ4n) is 2.21. The van der Waals surface area contributed by atoms with Gasteiger partial charge in [0.1, 0.15) is 5.56 Å². The lowest BCUT2D eigenvalue weighted by molar-refractivity contribution is -0.395. The van der Waals surface area contributed by atoms with E-state index in [1.54, 1.807) is 18.2 Å². The quantitative estimate of drug-likeness (QED) is 0.599. The van der Waals surface area contributed by atoms with Gasteiger partial charge in [0, 0.05) is 12.5 Å². The summed E-state index contributed by atoms with van der Waals surface area (Å²) < 4.78 is 10.3. The number of nitro benzene ring substituents is 2. The van der Waals surface area contributed by atoms with E-state index in [-0.39, 0.29) is 17.7 Å². The highest BCUT2D eigenvalue weighted by molar-refractivity contribution is 5.55. The zero-order valence-corrected chi connectivity index (χ0v) is 12.4. The van der Waals surface area contributed by atoms with Gasteiger partial charge in [-0.15, -0.1) is 0 Å². The van der Waals surface area contributed by atoms with Crippen molar-refractivity contribution in [3.63, 3.8) is 0 Å². The van der Waals surface area contributed by atoms with E-state index < -0.39 is 15.5 Å². The van der Waals surface area contributed by atoms with Crippen LogP contribution in [0.4, 0.5) is 11.4 Å². The zero-order chi connectivity index (χ0) is 17.0. The number of benzene rings is 2. The monoisotopic (exact) mass is 317 g/mol. The van der Waals surface area contributed by atoms with Crippen molar-refractivity contribution in [3.8, 4) is 11.5 Å². The normalized spacial score (nSPS) is 10.2. The van der Waals surface area contributed by atoms with Crippen molar-refractivity contribution in [2.45, 2.75) is 6.42 Å². The van der Waals surface area contributed by atoms with Gasteiger partial charge in [-0.05, 0) is 23.8 Å². The smallest absolute Gasteiger partial charge is 0.287 e. The molecule has 0 aliphatic carbocycles. The number of nitro groups is 2. The number of hydrogen-bond acceptors (Lipinski definition) is 6. The van der Waals surface area contributed by atoms with Crippen LogP contribution < -0.4 is 9.47 Å². The molecule has 1 radical (unpaired) electrons. The number of ether oxygens (including phenoxy) is 2. The lowest BCUT2D eigenvalue weighted by Gasteiger charge is -2.10. The fourth-order valence-corrected chi connectivity index (χ4v) is 2.21. The molecule has 0 atom stereocenters. The van der Waals surface area contributed by atoms with Crippen molar-refractivity contribution in [2.24, 2.45) is 0 Å². The minimum atomic E-state index is -0.677. The van der Waals surface area contributed by atoms with Gasteiger partial charge >= 0.3 is 0 Å². The molecule has 2 aromatic carbocycles.